The average Bonchev–Trinajstić information content (AvgIpc) is 3.12. The smallest absolute Gasteiger partial charge is 0.307 e. The minimum Gasteiger partial charge on any atom is -0.481 e. The maximum Gasteiger partial charge on any atom is 0.307 e. The SMILES string of the molecule is O=C(O)C1CCCN(S(=O)(=O)c2ccc3c(ccn3Cc3ccc(F)cc3)c2)C1. The zero-order valence-corrected chi connectivity index (χ0v) is 16.5. The summed E-state index contributed by atoms with van der Waals surface area (Å²) in [4.78, 5) is 11.4. The molecule has 3 aromatic rings. The Kier molecular flexibility index (Phi) is 5.14. The predicted octanol–water partition coefficient (Wildman–Crippen LogP) is 3.31. The highest BCUT2D eigenvalue weighted by atomic mass is 32.2. The number of hydrogen-bond acceptors (Lipinski definition) is 3. The molecule has 1 aliphatic heterocycles. The van der Waals surface area contributed by atoms with E-state index in [4.69, 9.17) is 0 Å². The van der Waals surface area contributed by atoms with Crippen molar-refractivity contribution in [2.75, 3.05) is 13.1 Å². The number of rotatable bonds is 5. The summed E-state index contributed by atoms with van der Waals surface area (Å²) in [6.07, 6.45) is 2.89. The quantitative estimate of drug-likeness (QED) is 0.692. The van der Waals surface area contributed by atoms with Crippen LogP contribution < -0.4 is 0 Å². The molecule has 1 unspecified atom stereocenters. The van der Waals surface area contributed by atoms with Crippen LogP contribution in [0.15, 0.2) is 59.6 Å². The topological polar surface area (TPSA) is 79.6 Å². The van der Waals surface area contributed by atoms with Crippen molar-refractivity contribution in [3.63, 3.8) is 0 Å². The number of nitrogens with zero attached hydrogens (tertiary/aromatic N) is 2. The van der Waals surface area contributed by atoms with Crippen LogP contribution in [-0.4, -0.2) is 41.5 Å². The standard InChI is InChI=1S/C21H21FN2O4S/c22-18-5-3-15(4-6-18)13-23-11-9-16-12-19(7-8-20(16)23)29(27,28)24-10-1-2-17(14-24)21(25)26/h3-9,11-12,17H,1-2,10,13-14H2,(H,25,26). The second-order valence-corrected chi connectivity index (χ2v) is 9.27. The first-order valence-electron chi connectivity index (χ1n) is 9.41. The van der Waals surface area contributed by atoms with E-state index in [9.17, 15) is 22.7 Å². The Bertz CT molecular complexity index is 1160. The summed E-state index contributed by atoms with van der Waals surface area (Å²) >= 11 is 0. The van der Waals surface area contributed by atoms with Gasteiger partial charge in [-0.3, -0.25) is 4.79 Å². The van der Waals surface area contributed by atoms with E-state index in [1.165, 1.54) is 16.4 Å². The molecule has 1 atom stereocenters. The van der Waals surface area contributed by atoms with Gasteiger partial charge in [0.05, 0.1) is 10.8 Å². The third-order valence-electron chi connectivity index (χ3n) is 5.38. The number of sulfonamides is 1. The number of halogens is 1. The van der Waals surface area contributed by atoms with Crippen molar-refractivity contribution in [3.05, 3.63) is 66.1 Å². The minimum atomic E-state index is -3.76. The fourth-order valence-corrected chi connectivity index (χ4v) is 5.33. The molecule has 0 bridgehead atoms. The molecule has 152 valence electrons. The number of fused-ring (bicyclic) bond motifs is 1. The second-order valence-electron chi connectivity index (χ2n) is 7.33. The van der Waals surface area contributed by atoms with Gasteiger partial charge in [-0.2, -0.15) is 4.31 Å². The Morgan fingerprint density at radius 1 is 1.14 bits per heavy atom. The second kappa shape index (κ2) is 7.61. The molecule has 1 aromatic heterocycles. The van der Waals surface area contributed by atoms with Gasteiger partial charge in [0.1, 0.15) is 5.82 Å². The molecule has 2 aromatic carbocycles. The fraction of sp³-hybridized carbons (Fsp3) is 0.286. The summed E-state index contributed by atoms with van der Waals surface area (Å²) in [6.45, 7) is 0.874. The first-order chi connectivity index (χ1) is 13.8. The lowest BCUT2D eigenvalue weighted by Crippen LogP contribution is -2.42. The van der Waals surface area contributed by atoms with Crippen LogP contribution >= 0.6 is 0 Å². The van der Waals surface area contributed by atoms with E-state index in [-0.39, 0.29) is 17.3 Å². The highest BCUT2D eigenvalue weighted by molar-refractivity contribution is 7.89. The van der Waals surface area contributed by atoms with Crippen LogP contribution in [0.4, 0.5) is 4.39 Å². The lowest BCUT2D eigenvalue weighted by Gasteiger charge is -2.29. The molecule has 6 nitrogen and oxygen atoms in total. The molecule has 1 saturated heterocycles. The summed E-state index contributed by atoms with van der Waals surface area (Å²) in [6, 6.07) is 13.0. The zero-order valence-electron chi connectivity index (χ0n) is 15.7. The van der Waals surface area contributed by atoms with Crippen molar-refractivity contribution in [2.24, 2.45) is 5.92 Å². The summed E-state index contributed by atoms with van der Waals surface area (Å²) in [5, 5.41) is 10.0. The molecule has 8 heteroatoms. The molecular weight excluding hydrogens is 395 g/mol. The monoisotopic (exact) mass is 416 g/mol. The van der Waals surface area contributed by atoms with Crippen molar-refractivity contribution in [3.8, 4) is 0 Å². The van der Waals surface area contributed by atoms with Crippen LogP contribution in [0.2, 0.25) is 0 Å². The molecule has 0 radical (unpaired) electrons. The molecule has 0 spiro atoms. The third-order valence-corrected chi connectivity index (χ3v) is 7.24. The Morgan fingerprint density at radius 3 is 2.62 bits per heavy atom. The summed E-state index contributed by atoms with van der Waals surface area (Å²) < 4.78 is 42.4. The zero-order chi connectivity index (χ0) is 20.6. The third kappa shape index (κ3) is 3.90. The van der Waals surface area contributed by atoms with Crippen molar-refractivity contribution >= 4 is 26.9 Å². The molecule has 29 heavy (non-hydrogen) atoms. The van der Waals surface area contributed by atoms with Gasteiger partial charge in [0.25, 0.3) is 0 Å². The number of carboxylic acid groups (broad SMARTS) is 1. The minimum absolute atomic E-state index is 0.00127. The molecule has 1 N–H and O–H groups in total. The van der Waals surface area contributed by atoms with Crippen molar-refractivity contribution in [1.29, 1.82) is 0 Å². The Morgan fingerprint density at radius 2 is 1.90 bits per heavy atom. The highest BCUT2D eigenvalue weighted by Crippen LogP contribution is 2.27. The van der Waals surface area contributed by atoms with E-state index in [2.05, 4.69) is 0 Å². The largest absolute Gasteiger partial charge is 0.481 e. The van der Waals surface area contributed by atoms with Crippen LogP contribution in [0.25, 0.3) is 10.9 Å². The van der Waals surface area contributed by atoms with Crippen LogP contribution in [0.3, 0.4) is 0 Å². The van der Waals surface area contributed by atoms with Crippen molar-refractivity contribution in [2.45, 2.75) is 24.3 Å². The van der Waals surface area contributed by atoms with Gasteiger partial charge in [0, 0.05) is 36.7 Å². The van der Waals surface area contributed by atoms with Gasteiger partial charge < -0.3 is 9.67 Å². The maximum atomic E-state index is 13.1. The first kappa shape index (κ1) is 19.6. The molecule has 2 heterocycles. The number of aromatic nitrogens is 1. The lowest BCUT2D eigenvalue weighted by atomic mass is 10.0. The normalized spacial score (nSPS) is 18.2. The average molecular weight is 416 g/mol. The Labute approximate surface area is 168 Å². The number of aliphatic carboxylic acids is 1. The predicted molar refractivity (Wildman–Crippen MR) is 107 cm³/mol. The summed E-state index contributed by atoms with van der Waals surface area (Å²) in [5.41, 5.74) is 1.81. The molecule has 0 amide bonds. The molecule has 0 saturated carbocycles. The van der Waals surface area contributed by atoms with Gasteiger partial charge in [0.2, 0.25) is 10.0 Å². The van der Waals surface area contributed by atoms with Crippen molar-refractivity contribution < 1.29 is 22.7 Å². The van der Waals surface area contributed by atoms with Gasteiger partial charge in [-0.1, -0.05) is 12.1 Å². The maximum absolute atomic E-state index is 13.1. The van der Waals surface area contributed by atoms with Gasteiger partial charge in [-0.15, -0.1) is 0 Å². The van der Waals surface area contributed by atoms with Crippen LogP contribution in [0, 0.1) is 11.7 Å². The molecule has 0 aliphatic carbocycles. The summed E-state index contributed by atoms with van der Waals surface area (Å²) in [5.74, 6) is -1.92. The number of benzene rings is 2. The molecule has 1 fully saturated rings. The van der Waals surface area contributed by atoms with E-state index in [0.29, 0.717) is 25.9 Å². The fourth-order valence-electron chi connectivity index (χ4n) is 3.77. The first-order valence-corrected chi connectivity index (χ1v) is 10.8. The van der Waals surface area contributed by atoms with Crippen molar-refractivity contribution in [1.82, 2.24) is 8.87 Å². The van der Waals surface area contributed by atoms with Gasteiger partial charge >= 0.3 is 5.97 Å². The van der Waals surface area contributed by atoms with E-state index in [1.807, 2.05) is 16.8 Å². The van der Waals surface area contributed by atoms with E-state index >= 15 is 0 Å². The number of piperidine rings is 1. The van der Waals surface area contributed by atoms with Gasteiger partial charge in [-0.05, 0) is 54.8 Å². The van der Waals surface area contributed by atoms with Crippen LogP contribution in [0.1, 0.15) is 18.4 Å². The summed E-state index contributed by atoms with van der Waals surface area (Å²) in [7, 11) is -3.76. The van der Waals surface area contributed by atoms with E-state index in [1.54, 1.807) is 30.3 Å². The van der Waals surface area contributed by atoms with E-state index < -0.39 is 21.9 Å². The molecular formula is C21H21FN2O4S. The Hall–Kier alpha value is -2.71. The van der Waals surface area contributed by atoms with E-state index in [0.717, 1.165) is 16.5 Å². The molecule has 4 rings (SSSR count). The molecule has 1 aliphatic rings. The highest BCUT2D eigenvalue weighted by Gasteiger charge is 2.33. The number of carboxylic acids is 1. The Balaban J connectivity index is 1.60. The van der Waals surface area contributed by atoms with Gasteiger partial charge in [-0.25, -0.2) is 12.8 Å². The van der Waals surface area contributed by atoms with Gasteiger partial charge in [0.15, 0.2) is 0 Å². The number of hydrogen-bond donors (Lipinski definition) is 1. The van der Waals surface area contributed by atoms with Crippen LogP contribution in [-0.2, 0) is 21.4 Å². The number of carbonyl (C=O) groups is 1. The van der Waals surface area contributed by atoms with Crippen LogP contribution in [0.5, 0.6) is 0 Å². The lowest BCUT2D eigenvalue weighted by molar-refractivity contribution is -0.142.